The van der Waals surface area contributed by atoms with E-state index in [2.05, 4.69) is 0 Å². The number of likely N-dealkylation sites (N-methyl/N-ethyl adjacent to an activating group) is 1. The molecule has 0 fully saturated rings. The highest BCUT2D eigenvalue weighted by atomic mass is 16.6. The smallest absolute Gasteiger partial charge is 0.410 e. The SMILES string of the molecule is COc1cc(C(C=O)N(C)C(=O)OC(C)(C)C)cc(OC)c1O. The maximum Gasteiger partial charge on any atom is 0.410 e. The van der Waals surface area contributed by atoms with Crippen LogP contribution in [0.2, 0.25) is 0 Å². The Bertz CT molecular complexity index is 553. The average molecular weight is 325 g/mol. The molecule has 0 aromatic heterocycles. The van der Waals surface area contributed by atoms with E-state index < -0.39 is 17.7 Å². The topological polar surface area (TPSA) is 85.3 Å². The molecule has 0 saturated heterocycles. The zero-order valence-corrected chi connectivity index (χ0v) is 14.2. The van der Waals surface area contributed by atoms with Crippen LogP contribution >= 0.6 is 0 Å². The molecule has 0 aliphatic heterocycles. The lowest BCUT2D eigenvalue weighted by atomic mass is 10.1. The van der Waals surface area contributed by atoms with E-state index in [4.69, 9.17) is 14.2 Å². The number of ether oxygens (including phenoxy) is 3. The van der Waals surface area contributed by atoms with Gasteiger partial charge in [0.25, 0.3) is 0 Å². The summed E-state index contributed by atoms with van der Waals surface area (Å²) in [5.41, 5.74) is -0.247. The van der Waals surface area contributed by atoms with Gasteiger partial charge in [0.15, 0.2) is 11.5 Å². The van der Waals surface area contributed by atoms with Gasteiger partial charge in [0, 0.05) is 7.05 Å². The number of hydrogen-bond acceptors (Lipinski definition) is 6. The molecule has 128 valence electrons. The maximum atomic E-state index is 12.1. The van der Waals surface area contributed by atoms with Crippen LogP contribution in [0.15, 0.2) is 12.1 Å². The van der Waals surface area contributed by atoms with Crippen molar-refractivity contribution < 1.29 is 28.9 Å². The zero-order valence-electron chi connectivity index (χ0n) is 14.2. The van der Waals surface area contributed by atoms with Crippen LogP contribution in [-0.4, -0.2) is 49.3 Å². The molecule has 1 rings (SSSR count). The first-order chi connectivity index (χ1) is 10.6. The summed E-state index contributed by atoms with van der Waals surface area (Å²) >= 11 is 0. The van der Waals surface area contributed by atoms with Crippen LogP contribution in [0.3, 0.4) is 0 Å². The van der Waals surface area contributed by atoms with Gasteiger partial charge >= 0.3 is 6.09 Å². The third kappa shape index (κ3) is 4.51. The molecule has 0 heterocycles. The molecule has 0 aliphatic carbocycles. The highest BCUT2D eigenvalue weighted by Gasteiger charge is 2.27. The Balaban J connectivity index is 3.19. The molecule has 0 aliphatic rings. The van der Waals surface area contributed by atoms with Gasteiger partial charge in [-0.3, -0.25) is 4.90 Å². The minimum absolute atomic E-state index is 0.142. The van der Waals surface area contributed by atoms with Crippen LogP contribution in [0, 0.1) is 0 Å². The van der Waals surface area contributed by atoms with Gasteiger partial charge < -0.3 is 24.1 Å². The predicted molar refractivity (Wildman–Crippen MR) is 84.0 cm³/mol. The van der Waals surface area contributed by atoms with E-state index in [-0.39, 0.29) is 17.2 Å². The van der Waals surface area contributed by atoms with E-state index in [9.17, 15) is 14.7 Å². The number of hydrogen-bond donors (Lipinski definition) is 1. The number of carbonyl (C=O) groups excluding carboxylic acids is 2. The first-order valence-corrected chi connectivity index (χ1v) is 7.00. The summed E-state index contributed by atoms with van der Waals surface area (Å²) in [7, 11) is 4.22. The minimum Gasteiger partial charge on any atom is -0.502 e. The monoisotopic (exact) mass is 325 g/mol. The van der Waals surface area contributed by atoms with E-state index >= 15 is 0 Å². The van der Waals surface area contributed by atoms with E-state index in [1.165, 1.54) is 38.3 Å². The van der Waals surface area contributed by atoms with Crippen molar-refractivity contribution in [2.45, 2.75) is 32.4 Å². The molecule has 1 aromatic carbocycles. The maximum absolute atomic E-state index is 12.1. The molecule has 0 spiro atoms. The molecule has 0 bridgehead atoms. The number of amides is 1. The van der Waals surface area contributed by atoms with Crippen molar-refractivity contribution in [1.82, 2.24) is 4.90 Å². The minimum atomic E-state index is -0.909. The molecule has 1 N–H and O–H groups in total. The Kier molecular flexibility index (Phi) is 5.84. The summed E-state index contributed by atoms with van der Waals surface area (Å²) in [6.07, 6.45) is -0.0320. The summed E-state index contributed by atoms with van der Waals surface area (Å²) in [4.78, 5) is 24.8. The Hall–Kier alpha value is -2.44. The lowest BCUT2D eigenvalue weighted by molar-refractivity contribution is -0.112. The summed E-state index contributed by atoms with van der Waals surface area (Å²) in [6.45, 7) is 5.21. The van der Waals surface area contributed by atoms with Crippen LogP contribution in [0.25, 0.3) is 0 Å². The Morgan fingerprint density at radius 1 is 1.22 bits per heavy atom. The Morgan fingerprint density at radius 3 is 2.04 bits per heavy atom. The number of benzene rings is 1. The fourth-order valence-corrected chi connectivity index (χ4v) is 1.93. The molecule has 7 heteroatoms. The molecular formula is C16H23NO6. The number of aldehydes is 1. The van der Waals surface area contributed by atoms with E-state index in [1.54, 1.807) is 20.8 Å². The Morgan fingerprint density at radius 2 is 1.70 bits per heavy atom. The molecule has 1 aromatic rings. The molecule has 1 atom stereocenters. The van der Waals surface area contributed by atoms with Crippen molar-refractivity contribution in [2.24, 2.45) is 0 Å². The van der Waals surface area contributed by atoms with Gasteiger partial charge in [0.1, 0.15) is 17.9 Å². The molecule has 1 unspecified atom stereocenters. The predicted octanol–water partition coefficient (Wildman–Crippen LogP) is 2.52. The summed E-state index contributed by atoms with van der Waals surface area (Å²) < 4.78 is 15.4. The van der Waals surface area contributed by atoms with Gasteiger partial charge in [-0.1, -0.05) is 0 Å². The third-order valence-electron chi connectivity index (χ3n) is 3.07. The zero-order chi connectivity index (χ0) is 17.8. The van der Waals surface area contributed by atoms with Gasteiger partial charge in [-0.2, -0.15) is 0 Å². The quantitative estimate of drug-likeness (QED) is 0.837. The average Bonchev–Trinajstić information content (AvgIpc) is 2.47. The highest BCUT2D eigenvalue weighted by molar-refractivity contribution is 5.75. The number of nitrogens with zero attached hydrogens (tertiary/aromatic N) is 1. The molecule has 0 radical (unpaired) electrons. The van der Waals surface area contributed by atoms with E-state index in [0.717, 1.165) is 0 Å². The van der Waals surface area contributed by atoms with Gasteiger partial charge in [0.2, 0.25) is 5.75 Å². The molecule has 1 amide bonds. The first kappa shape index (κ1) is 18.6. The van der Waals surface area contributed by atoms with Crippen molar-refractivity contribution in [3.05, 3.63) is 17.7 Å². The van der Waals surface area contributed by atoms with Gasteiger partial charge in [0.05, 0.1) is 14.2 Å². The molecule has 7 nitrogen and oxygen atoms in total. The van der Waals surface area contributed by atoms with Crippen molar-refractivity contribution in [3.63, 3.8) is 0 Å². The largest absolute Gasteiger partial charge is 0.502 e. The number of phenols is 1. The summed E-state index contributed by atoms with van der Waals surface area (Å²) in [5.74, 6) is 0.107. The van der Waals surface area contributed by atoms with Crippen LogP contribution in [-0.2, 0) is 9.53 Å². The second-order valence-corrected chi connectivity index (χ2v) is 5.95. The van der Waals surface area contributed by atoms with Crippen LogP contribution in [0.4, 0.5) is 4.79 Å². The summed E-state index contributed by atoms with van der Waals surface area (Å²) in [6, 6.07) is 2.03. The second kappa shape index (κ2) is 7.21. The fourth-order valence-electron chi connectivity index (χ4n) is 1.93. The second-order valence-electron chi connectivity index (χ2n) is 5.95. The van der Waals surface area contributed by atoms with Crippen molar-refractivity contribution in [2.75, 3.05) is 21.3 Å². The van der Waals surface area contributed by atoms with Gasteiger partial charge in [-0.05, 0) is 38.5 Å². The third-order valence-corrected chi connectivity index (χ3v) is 3.07. The van der Waals surface area contributed by atoms with Crippen LogP contribution in [0.1, 0.15) is 32.4 Å². The number of aromatic hydroxyl groups is 1. The molecule has 23 heavy (non-hydrogen) atoms. The van der Waals surface area contributed by atoms with Crippen molar-refractivity contribution in [3.8, 4) is 17.2 Å². The van der Waals surface area contributed by atoms with Gasteiger partial charge in [-0.25, -0.2) is 4.79 Å². The van der Waals surface area contributed by atoms with Crippen molar-refractivity contribution >= 4 is 12.4 Å². The molecule has 0 saturated carbocycles. The number of methoxy groups -OCH3 is 2. The molecular weight excluding hydrogens is 302 g/mol. The number of carbonyl (C=O) groups is 2. The van der Waals surface area contributed by atoms with E-state index in [0.29, 0.717) is 11.8 Å². The number of rotatable bonds is 5. The van der Waals surface area contributed by atoms with Crippen LogP contribution in [0.5, 0.6) is 17.2 Å². The highest BCUT2D eigenvalue weighted by Crippen LogP contribution is 2.39. The first-order valence-electron chi connectivity index (χ1n) is 7.00. The summed E-state index contributed by atoms with van der Waals surface area (Å²) in [5, 5.41) is 9.92. The van der Waals surface area contributed by atoms with Gasteiger partial charge in [-0.15, -0.1) is 0 Å². The normalized spacial score (nSPS) is 12.3. The number of phenolic OH excluding ortho intramolecular Hbond substituents is 1. The lowest BCUT2D eigenvalue weighted by Crippen LogP contribution is -2.37. The van der Waals surface area contributed by atoms with Crippen LogP contribution < -0.4 is 9.47 Å². The van der Waals surface area contributed by atoms with E-state index in [1.807, 2.05) is 0 Å². The fraction of sp³-hybridized carbons (Fsp3) is 0.500. The standard InChI is InChI=1S/C16H23NO6/c1-16(2,3)23-15(20)17(4)11(9-18)10-7-12(21-5)14(19)13(8-10)22-6/h7-9,11,19H,1-6H3. The van der Waals surface area contributed by atoms with Crippen molar-refractivity contribution in [1.29, 1.82) is 0 Å². The Labute approximate surface area is 135 Å². The lowest BCUT2D eigenvalue weighted by Gasteiger charge is -2.28.